The molecule has 0 radical (unpaired) electrons. The van der Waals surface area contributed by atoms with Crippen molar-refractivity contribution in [2.45, 2.75) is 19.5 Å². The van der Waals surface area contributed by atoms with E-state index in [1.165, 1.54) is 33.5 Å². The van der Waals surface area contributed by atoms with Gasteiger partial charge in [-0.2, -0.15) is 5.10 Å². The smallest absolute Gasteiger partial charge is 0.0930 e. The Morgan fingerprint density at radius 3 is 2.64 bits per heavy atom. The minimum Gasteiger partial charge on any atom is -0.380 e. The number of aromatic nitrogens is 2. The van der Waals surface area contributed by atoms with Crippen LogP contribution in [-0.4, -0.2) is 9.78 Å². The van der Waals surface area contributed by atoms with E-state index in [-0.39, 0.29) is 0 Å². The Morgan fingerprint density at radius 2 is 1.72 bits per heavy atom. The van der Waals surface area contributed by atoms with Gasteiger partial charge in [0, 0.05) is 29.7 Å². The Bertz CT molecular complexity index is 1050. The summed E-state index contributed by atoms with van der Waals surface area (Å²) < 4.78 is 2.17. The highest BCUT2D eigenvalue weighted by molar-refractivity contribution is 5.98. The molecule has 5 rings (SSSR count). The fourth-order valence-corrected chi connectivity index (χ4v) is 3.76. The Balaban J connectivity index is 1.62. The fraction of sp³-hybridized carbons (Fsp3) is 0.136. The van der Waals surface area contributed by atoms with E-state index in [9.17, 15) is 0 Å². The first kappa shape index (κ1) is 14.3. The average Bonchev–Trinajstić information content (AvgIpc) is 3.06. The van der Waals surface area contributed by atoms with Crippen LogP contribution in [0.2, 0.25) is 0 Å². The summed E-state index contributed by atoms with van der Waals surface area (Å²) in [7, 11) is 0. The van der Waals surface area contributed by atoms with Gasteiger partial charge < -0.3 is 5.32 Å². The van der Waals surface area contributed by atoms with Gasteiger partial charge in [0.2, 0.25) is 0 Å². The third-order valence-corrected chi connectivity index (χ3v) is 4.95. The SMILES string of the molecule is c1ccc(CNc2cccc3c2-c2c4ccccc4nn2CC3)cc1. The van der Waals surface area contributed by atoms with E-state index in [0.29, 0.717) is 0 Å². The van der Waals surface area contributed by atoms with Crippen molar-refractivity contribution in [3.8, 4) is 11.3 Å². The summed E-state index contributed by atoms with van der Waals surface area (Å²) in [6, 6.07) is 25.5. The van der Waals surface area contributed by atoms with Gasteiger partial charge in [-0.05, 0) is 29.7 Å². The van der Waals surface area contributed by atoms with Crippen LogP contribution < -0.4 is 5.32 Å². The molecule has 1 aliphatic heterocycles. The standard InChI is InChI=1S/C22H19N3/c1-2-7-16(8-3-1)15-23-20-12-6-9-17-13-14-25-22(21(17)20)18-10-4-5-11-19(18)24-25/h1-12,23H,13-15H2. The maximum absolute atomic E-state index is 4.80. The first-order valence-electron chi connectivity index (χ1n) is 8.76. The van der Waals surface area contributed by atoms with Crippen molar-refractivity contribution in [2.75, 3.05) is 5.32 Å². The van der Waals surface area contributed by atoms with Crippen molar-refractivity contribution in [1.82, 2.24) is 9.78 Å². The molecule has 122 valence electrons. The Kier molecular flexibility index (Phi) is 3.30. The second-order valence-electron chi connectivity index (χ2n) is 6.52. The Morgan fingerprint density at radius 1 is 0.880 bits per heavy atom. The van der Waals surface area contributed by atoms with Crippen LogP contribution in [0.5, 0.6) is 0 Å². The van der Waals surface area contributed by atoms with Crippen LogP contribution >= 0.6 is 0 Å². The first-order chi connectivity index (χ1) is 12.4. The zero-order valence-electron chi connectivity index (χ0n) is 13.9. The molecular formula is C22H19N3. The van der Waals surface area contributed by atoms with Crippen LogP contribution in [0.1, 0.15) is 11.1 Å². The molecule has 3 nitrogen and oxygen atoms in total. The summed E-state index contributed by atoms with van der Waals surface area (Å²) in [6.45, 7) is 1.77. The Labute approximate surface area is 146 Å². The number of rotatable bonds is 3. The fourth-order valence-electron chi connectivity index (χ4n) is 3.76. The molecule has 1 aliphatic rings. The maximum Gasteiger partial charge on any atom is 0.0930 e. The summed E-state index contributed by atoms with van der Waals surface area (Å²) in [6.07, 6.45) is 1.02. The average molecular weight is 325 g/mol. The van der Waals surface area contributed by atoms with Crippen LogP contribution in [0.25, 0.3) is 22.2 Å². The summed E-state index contributed by atoms with van der Waals surface area (Å²) in [4.78, 5) is 0. The lowest BCUT2D eigenvalue weighted by Gasteiger charge is -2.22. The van der Waals surface area contributed by atoms with Gasteiger partial charge in [-0.15, -0.1) is 0 Å². The highest BCUT2D eigenvalue weighted by Crippen LogP contribution is 2.39. The number of benzene rings is 3. The van der Waals surface area contributed by atoms with Gasteiger partial charge in [-0.25, -0.2) is 0 Å². The first-order valence-corrected chi connectivity index (χ1v) is 8.76. The number of anilines is 1. The Hall–Kier alpha value is -3.07. The molecule has 25 heavy (non-hydrogen) atoms. The van der Waals surface area contributed by atoms with Crippen molar-refractivity contribution in [1.29, 1.82) is 0 Å². The van der Waals surface area contributed by atoms with Crippen LogP contribution in [0.3, 0.4) is 0 Å². The van der Waals surface area contributed by atoms with Gasteiger partial charge in [-0.1, -0.05) is 60.7 Å². The maximum atomic E-state index is 4.80. The number of hydrogen-bond donors (Lipinski definition) is 1. The molecule has 0 saturated carbocycles. The number of hydrogen-bond acceptors (Lipinski definition) is 2. The third-order valence-electron chi connectivity index (χ3n) is 4.95. The van der Waals surface area contributed by atoms with Crippen molar-refractivity contribution in [2.24, 2.45) is 0 Å². The van der Waals surface area contributed by atoms with Crippen LogP contribution in [0.4, 0.5) is 5.69 Å². The topological polar surface area (TPSA) is 29.9 Å². The summed E-state index contributed by atoms with van der Waals surface area (Å²) in [5, 5.41) is 9.68. The largest absolute Gasteiger partial charge is 0.380 e. The van der Waals surface area contributed by atoms with E-state index in [1.54, 1.807) is 0 Å². The summed E-state index contributed by atoms with van der Waals surface area (Å²) in [5.41, 5.74) is 7.49. The normalized spacial score (nSPS) is 12.6. The molecule has 0 fully saturated rings. The molecule has 1 N–H and O–H groups in total. The molecule has 4 aromatic rings. The molecule has 3 aromatic carbocycles. The predicted molar refractivity (Wildman–Crippen MR) is 103 cm³/mol. The van der Waals surface area contributed by atoms with Gasteiger partial charge in [-0.3, -0.25) is 4.68 Å². The van der Waals surface area contributed by atoms with Gasteiger partial charge in [0.25, 0.3) is 0 Å². The van der Waals surface area contributed by atoms with Gasteiger partial charge >= 0.3 is 0 Å². The van der Waals surface area contributed by atoms with E-state index in [0.717, 1.165) is 25.0 Å². The summed E-state index contributed by atoms with van der Waals surface area (Å²) >= 11 is 0. The summed E-state index contributed by atoms with van der Waals surface area (Å²) in [5.74, 6) is 0. The number of fused-ring (bicyclic) bond motifs is 5. The third kappa shape index (κ3) is 2.40. The van der Waals surface area contributed by atoms with Crippen LogP contribution in [0.15, 0.2) is 72.8 Å². The van der Waals surface area contributed by atoms with Gasteiger partial charge in [0.1, 0.15) is 0 Å². The highest BCUT2D eigenvalue weighted by atomic mass is 15.3. The molecule has 0 atom stereocenters. The highest BCUT2D eigenvalue weighted by Gasteiger charge is 2.23. The molecule has 1 aromatic heterocycles. The molecular weight excluding hydrogens is 306 g/mol. The van der Waals surface area contributed by atoms with E-state index >= 15 is 0 Å². The second kappa shape index (κ2) is 5.78. The molecule has 2 heterocycles. The number of nitrogens with one attached hydrogen (secondary N) is 1. The van der Waals surface area contributed by atoms with E-state index in [4.69, 9.17) is 5.10 Å². The lowest BCUT2D eigenvalue weighted by molar-refractivity contribution is 0.613. The number of nitrogens with zero attached hydrogens (tertiary/aromatic N) is 2. The zero-order valence-corrected chi connectivity index (χ0v) is 13.9. The predicted octanol–water partition coefficient (Wildman–Crippen LogP) is 4.87. The second-order valence-corrected chi connectivity index (χ2v) is 6.52. The van der Waals surface area contributed by atoms with Gasteiger partial charge in [0.05, 0.1) is 11.2 Å². The van der Waals surface area contributed by atoms with E-state index in [1.807, 2.05) is 0 Å². The monoisotopic (exact) mass is 325 g/mol. The van der Waals surface area contributed by atoms with Crippen LogP contribution in [-0.2, 0) is 19.5 Å². The molecule has 0 saturated heterocycles. The van der Waals surface area contributed by atoms with Crippen molar-refractivity contribution in [3.63, 3.8) is 0 Å². The van der Waals surface area contributed by atoms with E-state index in [2.05, 4.69) is 82.8 Å². The molecule has 0 bridgehead atoms. The van der Waals surface area contributed by atoms with Gasteiger partial charge in [0.15, 0.2) is 0 Å². The van der Waals surface area contributed by atoms with Crippen molar-refractivity contribution < 1.29 is 0 Å². The quantitative estimate of drug-likeness (QED) is 0.582. The van der Waals surface area contributed by atoms with Crippen molar-refractivity contribution >= 4 is 16.6 Å². The van der Waals surface area contributed by atoms with Crippen molar-refractivity contribution in [3.05, 3.63) is 83.9 Å². The molecule has 0 amide bonds. The lowest BCUT2D eigenvalue weighted by atomic mass is 9.94. The molecule has 0 aliphatic carbocycles. The molecule has 0 spiro atoms. The minimum atomic E-state index is 0.823. The minimum absolute atomic E-state index is 0.823. The zero-order chi connectivity index (χ0) is 16.6. The van der Waals surface area contributed by atoms with E-state index < -0.39 is 0 Å². The molecule has 3 heteroatoms. The number of aryl methyl sites for hydroxylation is 2. The molecule has 0 unspecified atom stereocenters. The van der Waals surface area contributed by atoms with Crippen LogP contribution in [0, 0.1) is 0 Å². The lowest BCUT2D eigenvalue weighted by Crippen LogP contribution is -2.14.